The molecule has 1 N–H and O–H groups in total. The average molecular weight is 173 g/mol. The summed E-state index contributed by atoms with van der Waals surface area (Å²) < 4.78 is 10.8. The van der Waals surface area contributed by atoms with Crippen LogP contribution >= 0.6 is 18.8 Å². The van der Waals surface area contributed by atoms with Gasteiger partial charge in [-0.1, -0.05) is 24.4 Å². The smallest absolute Gasteiger partial charge is 0.281 e. The van der Waals surface area contributed by atoms with Crippen LogP contribution in [0.1, 0.15) is 0 Å². The van der Waals surface area contributed by atoms with E-state index in [-0.39, 0.29) is 0 Å². The van der Waals surface area contributed by atoms with Crippen LogP contribution in [0, 0.1) is 6.07 Å². The van der Waals surface area contributed by atoms with Crippen molar-refractivity contribution in [3.8, 4) is 0 Å². The van der Waals surface area contributed by atoms with Crippen molar-refractivity contribution in [1.82, 2.24) is 0 Å². The predicted octanol–water partition coefficient (Wildman–Crippen LogP) is 1.23. The van der Waals surface area contributed by atoms with Crippen LogP contribution in [-0.4, -0.2) is 4.89 Å². The first-order valence-corrected chi connectivity index (χ1v) is 5.44. The van der Waals surface area contributed by atoms with E-state index in [1.54, 1.807) is 12.1 Å². The second-order valence-electron chi connectivity index (χ2n) is 1.80. The Morgan fingerprint density at radius 2 is 2.00 bits per heavy atom. The summed E-state index contributed by atoms with van der Waals surface area (Å²) in [6, 6.07) is 8.94. The molecule has 10 heavy (non-hydrogen) atoms. The Hall–Kier alpha value is -0.240. The highest BCUT2D eigenvalue weighted by Gasteiger charge is 2.12. The molecular formula is C6H6O2PS. The Bertz CT molecular complexity index is 254. The lowest BCUT2D eigenvalue weighted by Crippen LogP contribution is -1.97. The molecule has 0 fully saturated rings. The molecule has 0 amide bonds. The molecule has 0 heterocycles. The van der Waals surface area contributed by atoms with E-state index < -0.39 is 6.57 Å². The molecule has 1 aromatic carbocycles. The van der Waals surface area contributed by atoms with Crippen molar-refractivity contribution < 1.29 is 9.46 Å². The zero-order valence-corrected chi connectivity index (χ0v) is 6.85. The van der Waals surface area contributed by atoms with Crippen LogP contribution in [0.2, 0.25) is 0 Å². The molecule has 4 heteroatoms. The number of thiol groups is 1. The Morgan fingerprint density at radius 1 is 1.50 bits per heavy atom. The minimum absolute atomic E-state index is 0.342. The van der Waals surface area contributed by atoms with Gasteiger partial charge in [-0.2, -0.15) is 0 Å². The Labute approximate surface area is 64.5 Å². The molecule has 1 rings (SSSR count). The van der Waals surface area contributed by atoms with Crippen molar-refractivity contribution in [2.24, 2.45) is 0 Å². The van der Waals surface area contributed by atoms with E-state index in [0.29, 0.717) is 5.30 Å². The van der Waals surface area contributed by atoms with E-state index in [9.17, 15) is 4.57 Å². The van der Waals surface area contributed by atoms with E-state index in [0.717, 1.165) is 0 Å². The summed E-state index contributed by atoms with van der Waals surface area (Å²) in [4.78, 5) is 8.89. The van der Waals surface area contributed by atoms with Crippen LogP contribution < -0.4 is 5.30 Å². The van der Waals surface area contributed by atoms with Crippen molar-refractivity contribution in [3.63, 3.8) is 0 Å². The lowest BCUT2D eigenvalue weighted by atomic mass is 10.4. The van der Waals surface area contributed by atoms with Gasteiger partial charge in [-0.15, -0.1) is 0 Å². The lowest BCUT2D eigenvalue weighted by Gasteiger charge is -2.01. The van der Waals surface area contributed by atoms with Gasteiger partial charge in [0.25, 0.3) is 6.57 Å². The standard InChI is InChI=1S/C6H6O2PS/c7-9(8,10)6-4-2-1-3-5-6/h2-5H,(H2,7,8,10). The zero-order valence-electron chi connectivity index (χ0n) is 5.06. The minimum Gasteiger partial charge on any atom is -0.334 e. The minimum atomic E-state index is -3.34. The van der Waals surface area contributed by atoms with Gasteiger partial charge in [0.05, 0.1) is 0 Å². The van der Waals surface area contributed by atoms with Gasteiger partial charge >= 0.3 is 0 Å². The maximum absolute atomic E-state index is 10.8. The molecule has 0 saturated heterocycles. The largest absolute Gasteiger partial charge is 0.334 e. The van der Waals surface area contributed by atoms with E-state index in [1.807, 2.05) is 0 Å². The second-order valence-corrected chi connectivity index (χ2v) is 5.03. The number of benzene rings is 1. The van der Waals surface area contributed by atoms with E-state index in [2.05, 4.69) is 18.3 Å². The summed E-state index contributed by atoms with van der Waals surface area (Å²) >= 11 is 3.54. The first-order valence-electron chi connectivity index (χ1n) is 2.63. The van der Waals surface area contributed by atoms with Gasteiger partial charge < -0.3 is 4.89 Å². The van der Waals surface area contributed by atoms with E-state index in [1.165, 1.54) is 12.1 Å². The molecule has 0 saturated carbocycles. The molecule has 2 nitrogen and oxygen atoms in total. The van der Waals surface area contributed by atoms with Gasteiger partial charge in [0.2, 0.25) is 0 Å². The fourth-order valence-electron chi connectivity index (χ4n) is 0.572. The molecule has 0 aromatic heterocycles. The molecule has 0 aliphatic heterocycles. The Kier molecular flexibility index (Phi) is 2.19. The van der Waals surface area contributed by atoms with Gasteiger partial charge in [0.1, 0.15) is 0 Å². The van der Waals surface area contributed by atoms with Crippen LogP contribution in [0.25, 0.3) is 0 Å². The van der Waals surface area contributed by atoms with Crippen molar-refractivity contribution in [2.45, 2.75) is 0 Å². The summed E-state index contributed by atoms with van der Waals surface area (Å²) in [6.07, 6.45) is 0. The third-order valence-corrected chi connectivity index (χ3v) is 2.70. The average Bonchev–Trinajstić information content (AvgIpc) is 1.88. The molecule has 0 spiro atoms. The molecule has 53 valence electrons. The zero-order chi connectivity index (χ0) is 7.61. The summed E-state index contributed by atoms with van der Waals surface area (Å²) in [5, 5.41) is 0.342. The van der Waals surface area contributed by atoms with Crippen LogP contribution in [-0.2, 0) is 4.57 Å². The van der Waals surface area contributed by atoms with E-state index >= 15 is 0 Å². The topological polar surface area (TPSA) is 37.3 Å². The normalized spacial score (nSPS) is 16.2. The molecule has 1 unspecified atom stereocenters. The van der Waals surface area contributed by atoms with Crippen LogP contribution in [0.4, 0.5) is 0 Å². The highest BCUT2D eigenvalue weighted by Crippen LogP contribution is 2.43. The quantitative estimate of drug-likeness (QED) is 0.495. The third-order valence-electron chi connectivity index (χ3n) is 1.04. The van der Waals surface area contributed by atoms with Gasteiger partial charge in [0.15, 0.2) is 0 Å². The molecule has 1 atom stereocenters. The van der Waals surface area contributed by atoms with Gasteiger partial charge in [-0.05, 0) is 18.2 Å². The number of hydrogen-bond donors (Lipinski definition) is 2. The summed E-state index contributed by atoms with van der Waals surface area (Å²) in [5.74, 6) is 0. The molecule has 0 aliphatic rings. The lowest BCUT2D eigenvalue weighted by molar-refractivity contribution is 0.508. The van der Waals surface area contributed by atoms with Crippen molar-refractivity contribution >= 4 is 24.1 Å². The Morgan fingerprint density at radius 3 is 2.30 bits per heavy atom. The monoisotopic (exact) mass is 173 g/mol. The maximum Gasteiger partial charge on any atom is 0.281 e. The van der Waals surface area contributed by atoms with Crippen molar-refractivity contribution in [1.29, 1.82) is 0 Å². The van der Waals surface area contributed by atoms with Crippen LogP contribution in [0.15, 0.2) is 24.3 Å². The molecule has 0 aliphatic carbocycles. The molecule has 1 aromatic rings. The first-order chi connectivity index (χ1) is 4.61. The Balaban J connectivity index is 3.09. The summed E-state index contributed by atoms with van der Waals surface area (Å²) in [6.45, 7) is -3.34. The number of rotatable bonds is 1. The van der Waals surface area contributed by atoms with E-state index in [4.69, 9.17) is 4.89 Å². The SMILES string of the molecule is O=P(O)(S)c1cc[c]cc1. The summed E-state index contributed by atoms with van der Waals surface area (Å²) in [5.41, 5.74) is 0. The van der Waals surface area contributed by atoms with Gasteiger partial charge in [-0.3, -0.25) is 4.57 Å². The highest BCUT2D eigenvalue weighted by molar-refractivity contribution is 8.48. The second kappa shape index (κ2) is 2.79. The predicted molar refractivity (Wildman–Crippen MR) is 43.7 cm³/mol. The summed E-state index contributed by atoms with van der Waals surface area (Å²) in [7, 11) is 0. The number of hydrogen-bond acceptors (Lipinski definition) is 1. The van der Waals surface area contributed by atoms with Crippen LogP contribution in [0.3, 0.4) is 0 Å². The maximum atomic E-state index is 10.8. The van der Waals surface area contributed by atoms with Gasteiger partial charge in [0, 0.05) is 5.30 Å². The van der Waals surface area contributed by atoms with Crippen molar-refractivity contribution in [2.75, 3.05) is 0 Å². The molecular weight excluding hydrogens is 167 g/mol. The molecule has 0 bridgehead atoms. The third kappa shape index (κ3) is 1.87. The first kappa shape index (κ1) is 7.86. The fourth-order valence-corrected chi connectivity index (χ4v) is 1.51. The fraction of sp³-hybridized carbons (Fsp3) is 0. The van der Waals surface area contributed by atoms with Crippen molar-refractivity contribution in [3.05, 3.63) is 30.3 Å². The highest BCUT2D eigenvalue weighted by atomic mass is 32.7. The van der Waals surface area contributed by atoms with Crippen LogP contribution in [0.5, 0.6) is 0 Å². The van der Waals surface area contributed by atoms with Gasteiger partial charge in [-0.25, -0.2) is 0 Å². The molecule has 1 radical (unpaired) electrons.